The van der Waals surface area contributed by atoms with Gasteiger partial charge in [-0.25, -0.2) is 15.2 Å². The molecule has 94 valence electrons. The predicted octanol–water partition coefficient (Wildman–Crippen LogP) is 1.82. The lowest BCUT2D eigenvalue weighted by molar-refractivity contribution is 0.627. The molecule has 0 amide bonds. The summed E-state index contributed by atoms with van der Waals surface area (Å²) in [7, 11) is 0. The van der Waals surface area contributed by atoms with Gasteiger partial charge in [0.1, 0.15) is 11.6 Å². The van der Waals surface area contributed by atoms with Crippen LogP contribution in [0.15, 0.2) is 30.5 Å². The summed E-state index contributed by atoms with van der Waals surface area (Å²) in [5, 5.41) is 3.15. The highest BCUT2D eigenvalue weighted by Crippen LogP contribution is 2.13. The number of nitrogens with zero attached hydrogens (tertiary/aromatic N) is 2. The summed E-state index contributed by atoms with van der Waals surface area (Å²) >= 11 is 0. The molecule has 2 rings (SSSR count). The van der Waals surface area contributed by atoms with Crippen molar-refractivity contribution < 1.29 is 4.39 Å². The topological polar surface area (TPSA) is 75.9 Å². The average Bonchev–Trinajstić information content (AvgIpc) is 2.40. The van der Waals surface area contributed by atoms with E-state index in [0.717, 1.165) is 11.1 Å². The highest BCUT2D eigenvalue weighted by Gasteiger charge is 2.02. The maximum absolute atomic E-state index is 12.7. The number of hydrogen-bond acceptors (Lipinski definition) is 5. The Morgan fingerprint density at radius 1 is 1.28 bits per heavy atom. The third kappa shape index (κ3) is 2.92. The molecular formula is C12H14FN5. The first-order chi connectivity index (χ1) is 8.69. The first-order valence-corrected chi connectivity index (χ1v) is 5.47. The monoisotopic (exact) mass is 247 g/mol. The lowest BCUT2D eigenvalue weighted by Gasteiger charge is -2.09. The first-order valence-electron chi connectivity index (χ1n) is 5.47. The van der Waals surface area contributed by atoms with Gasteiger partial charge in [0.25, 0.3) is 0 Å². The molecule has 0 bridgehead atoms. The molecule has 2 aromatic rings. The van der Waals surface area contributed by atoms with Crippen molar-refractivity contribution in [3.63, 3.8) is 0 Å². The number of rotatable bonds is 4. The number of hydrogen-bond donors (Lipinski definition) is 3. The minimum absolute atomic E-state index is 0.244. The molecule has 5 nitrogen and oxygen atoms in total. The summed E-state index contributed by atoms with van der Waals surface area (Å²) in [5.74, 6) is 6.05. The Balaban J connectivity index is 2.07. The van der Waals surface area contributed by atoms with Gasteiger partial charge in [0.05, 0.1) is 0 Å². The normalized spacial score (nSPS) is 10.2. The molecule has 0 spiro atoms. The van der Waals surface area contributed by atoms with Gasteiger partial charge in [-0.15, -0.1) is 0 Å². The van der Waals surface area contributed by atoms with Crippen LogP contribution in [0, 0.1) is 12.7 Å². The van der Waals surface area contributed by atoms with Crippen molar-refractivity contribution in [3.05, 3.63) is 47.4 Å². The third-order valence-corrected chi connectivity index (χ3v) is 2.47. The molecule has 4 N–H and O–H groups in total. The molecule has 0 fully saturated rings. The van der Waals surface area contributed by atoms with Crippen LogP contribution in [-0.4, -0.2) is 9.97 Å². The molecule has 0 unspecified atom stereocenters. The van der Waals surface area contributed by atoms with Crippen molar-refractivity contribution in [2.24, 2.45) is 5.84 Å². The van der Waals surface area contributed by atoms with Crippen LogP contribution in [0.25, 0.3) is 0 Å². The van der Waals surface area contributed by atoms with Crippen LogP contribution in [-0.2, 0) is 6.54 Å². The molecule has 0 atom stereocenters. The van der Waals surface area contributed by atoms with Crippen LogP contribution in [0.5, 0.6) is 0 Å². The highest BCUT2D eigenvalue weighted by atomic mass is 19.1. The minimum atomic E-state index is -0.244. The summed E-state index contributed by atoms with van der Waals surface area (Å²) in [6.45, 7) is 2.45. The SMILES string of the molecule is Cc1cnc(NN)nc1NCc1ccc(F)cc1. The van der Waals surface area contributed by atoms with E-state index in [0.29, 0.717) is 18.3 Å². The van der Waals surface area contributed by atoms with Gasteiger partial charge < -0.3 is 5.32 Å². The van der Waals surface area contributed by atoms with Crippen LogP contribution in [0.3, 0.4) is 0 Å². The van der Waals surface area contributed by atoms with E-state index in [1.807, 2.05) is 6.92 Å². The van der Waals surface area contributed by atoms with Crippen LogP contribution < -0.4 is 16.6 Å². The number of nitrogens with two attached hydrogens (primary N) is 1. The van der Waals surface area contributed by atoms with E-state index in [-0.39, 0.29) is 5.82 Å². The number of aryl methyl sites for hydroxylation is 1. The quantitative estimate of drug-likeness (QED) is 0.567. The van der Waals surface area contributed by atoms with Crippen molar-refractivity contribution in [1.29, 1.82) is 0 Å². The summed E-state index contributed by atoms with van der Waals surface area (Å²) in [6, 6.07) is 6.30. The smallest absolute Gasteiger partial charge is 0.239 e. The molecule has 1 heterocycles. The molecule has 0 saturated heterocycles. The Hall–Kier alpha value is -2.21. The molecule has 0 aliphatic carbocycles. The zero-order valence-electron chi connectivity index (χ0n) is 9.94. The van der Waals surface area contributed by atoms with Crippen molar-refractivity contribution in [1.82, 2.24) is 9.97 Å². The number of hydrazine groups is 1. The van der Waals surface area contributed by atoms with Crippen LogP contribution in [0.4, 0.5) is 16.2 Å². The van der Waals surface area contributed by atoms with Gasteiger partial charge >= 0.3 is 0 Å². The third-order valence-electron chi connectivity index (χ3n) is 2.47. The fraction of sp³-hybridized carbons (Fsp3) is 0.167. The second kappa shape index (κ2) is 5.42. The van der Waals surface area contributed by atoms with E-state index >= 15 is 0 Å². The van der Waals surface area contributed by atoms with E-state index in [4.69, 9.17) is 5.84 Å². The van der Waals surface area contributed by atoms with Crippen molar-refractivity contribution in [3.8, 4) is 0 Å². The number of anilines is 2. The van der Waals surface area contributed by atoms with Crippen molar-refractivity contribution >= 4 is 11.8 Å². The van der Waals surface area contributed by atoms with E-state index in [9.17, 15) is 4.39 Å². The molecule has 0 aliphatic rings. The molecule has 1 aromatic heterocycles. The molecule has 0 radical (unpaired) electrons. The van der Waals surface area contributed by atoms with Gasteiger partial charge in [0.2, 0.25) is 5.95 Å². The largest absolute Gasteiger partial charge is 0.366 e. The first kappa shape index (κ1) is 12.3. The zero-order valence-corrected chi connectivity index (χ0v) is 9.94. The summed E-state index contributed by atoms with van der Waals surface area (Å²) in [4.78, 5) is 8.18. The lowest BCUT2D eigenvalue weighted by Crippen LogP contribution is -2.12. The number of aromatic nitrogens is 2. The molecule has 18 heavy (non-hydrogen) atoms. The second-order valence-electron chi connectivity index (χ2n) is 3.85. The number of benzene rings is 1. The molecule has 6 heteroatoms. The fourth-order valence-corrected chi connectivity index (χ4v) is 1.48. The number of halogens is 1. The Morgan fingerprint density at radius 3 is 2.67 bits per heavy atom. The van der Waals surface area contributed by atoms with Crippen LogP contribution >= 0.6 is 0 Å². The van der Waals surface area contributed by atoms with E-state index in [1.54, 1.807) is 18.3 Å². The van der Waals surface area contributed by atoms with Gasteiger partial charge in [-0.05, 0) is 24.6 Å². The number of nitrogens with one attached hydrogen (secondary N) is 2. The van der Waals surface area contributed by atoms with Crippen molar-refractivity contribution in [2.45, 2.75) is 13.5 Å². The van der Waals surface area contributed by atoms with Gasteiger partial charge in [-0.1, -0.05) is 12.1 Å². The van der Waals surface area contributed by atoms with E-state index in [2.05, 4.69) is 20.7 Å². The maximum atomic E-state index is 12.7. The van der Waals surface area contributed by atoms with Gasteiger partial charge in [-0.3, -0.25) is 5.43 Å². The van der Waals surface area contributed by atoms with Gasteiger partial charge in [0, 0.05) is 18.3 Å². The fourth-order valence-electron chi connectivity index (χ4n) is 1.48. The Labute approximate surface area is 104 Å². The zero-order chi connectivity index (χ0) is 13.0. The molecule has 0 aliphatic heterocycles. The van der Waals surface area contributed by atoms with Crippen LogP contribution in [0.2, 0.25) is 0 Å². The van der Waals surface area contributed by atoms with Crippen LogP contribution in [0.1, 0.15) is 11.1 Å². The number of nitrogen functional groups attached to an aromatic ring is 1. The summed E-state index contributed by atoms with van der Waals surface area (Å²) < 4.78 is 12.7. The Kier molecular flexibility index (Phi) is 3.69. The molecule has 1 aromatic carbocycles. The average molecular weight is 247 g/mol. The summed E-state index contributed by atoms with van der Waals surface area (Å²) in [5.41, 5.74) is 4.27. The summed E-state index contributed by atoms with van der Waals surface area (Å²) in [6.07, 6.45) is 1.68. The second-order valence-corrected chi connectivity index (χ2v) is 3.85. The maximum Gasteiger partial charge on any atom is 0.239 e. The van der Waals surface area contributed by atoms with Gasteiger partial charge in [0.15, 0.2) is 0 Å². The predicted molar refractivity (Wildman–Crippen MR) is 68.3 cm³/mol. The minimum Gasteiger partial charge on any atom is -0.366 e. The van der Waals surface area contributed by atoms with Crippen molar-refractivity contribution in [2.75, 3.05) is 10.7 Å². The van der Waals surface area contributed by atoms with Gasteiger partial charge in [-0.2, -0.15) is 4.98 Å². The lowest BCUT2D eigenvalue weighted by atomic mass is 10.2. The van der Waals surface area contributed by atoms with E-state index < -0.39 is 0 Å². The standard InChI is InChI=1S/C12H14FN5/c1-8-6-16-12(18-14)17-11(8)15-7-9-2-4-10(13)5-3-9/h2-6H,7,14H2,1H3,(H2,15,16,17,18). The Bertz CT molecular complexity index is 526. The van der Waals surface area contributed by atoms with E-state index in [1.165, 1.54) is 12.1 Å². The Morgan fingerprint density at radius 2 is 2.00 bits per heavy atom. The molecule has 0 saturated carbocycles. The molecular weight excluding hydrogens is 233 g/mol. The highest BCUT2D eigenvalue weighted by molar-refractivity contribution is 5.46.